The molecule has 7 nitrogen and oxygen atoms in total. The number of alkyl carbamates (subject to hydrolysis) is 1. The molecule has 2 amide bonds. The molecule has 1 aliphatic rings. The van der Waals surface area contributed by atoms with Crippen molar-refractivity contribution in [3.63, 3.8) is 0 Å². The maximum atomic E-state index is 12.5. The van der Waals surface area contributed by atoms with Crippen LogP contribution in [0.5, 0.6) is 0 Å². The standard InChI is InChI=1S/C25H30N2O5S/c1-3-16(14-23(28)27-22(24(29)30)12-13-33-2)26-25(31)32-15-21-19-10-6-4-8-17(19)18-9-5-7-11-20(18)21/h4-11,16,21-22H,3,12-15H2,1-2H3,(H,26,31)(H,27,28)(H,29,30)/t16-,22+/m0/s1. The van der Waals surface area contributed by atoms with Crippen molar-refractivity contribution in [1.29, 1.82) is 0 Å². The average molecular weight is 471 g/mol. The fourth-order valence-electron chi connectivity index (χ4n) is 4.07. The number of benzene rings is 2. The highest BCUT2D eigenvalue weighted by atomic mass is 32.2. The van der Waals surface area contributed by atoms with Crippen LogP contribution in [0.25, 0.3) is 11.1 Å². The predicted octanol–water partition coefficient (Wildman–Crippen LogP) is 4.02. The zero-order valence-electron chi connectivity index (χ0n) is 18.9. The maximum Gasteiger partial charge on any atom is 0.407 e. The number of rotatable bonds is 11. The SMILES string of the molecule is CC[C@@H](CC(=O)N[C@H](CCSC)C(=O)O)NC(=O)OCC1c2ccccc2-c2ccccc21. The van der Waals surface area contributed by atoms with Crippen LogP contribution in [0.1, 0.15) is 43.2 Å². The molecule has 3 rings (SSSR count). The van der Waals surface area contributed by atoms with Gasteiger partial charge in [0.1, 0.15) is 12.6 Å². The Labute approximate surface area is 198 Å². The zero-order valence-corrected chi connectivity index (χ0v) is 19.7. The second-order valence-electron chi connectivity index (χ2n) is 8.02. The van der Waals surface area contributed by atoms with Crippen LogP contribution in [-0.4, -0.2) is 53.8 Å². The molecule has 3 N–H and O–H groups in total. The fourth-order valence-corrected chi connectivity index (χ4v) is 4.55. The molecule has 2 aromatic rings. The predicted molar refractivity (Wildman–Crippen MR) is 129 cm³/mol. The molecule has 0 radical (unpaired) electrons. The van der Waals surface area contributed by atoms with Gasteiger partial charge in [-0.3, -0.25) is 4.79 Å². The minimum absolute atomic E-state index is 0.0102. The topological polar surface area (TPSA) is 105 Å². The Hall–Kier alpha value is -3.00. The third-order valence-electron chi connectivity index (χ3n) is 5.83. The number of thioether (sulfide) groups is 1. The molecule has 0 heterocycles. The number of hydrogen-bond acceptors (Lipinski definition) is 5. The van der Waals surface area contributed by atoms with Crippen LogP contribution in [-0.2, 0) is 14.3 Å². The normalized spacial score (nSPS) is 14.0. The van der Waals surface area contributed by atoms with Crippen molar-refractivity contribution in [2.45, 2.75) is 44.2 Å². The number of nitrogens with one attached hydrogen (secondary N) is 2. The minimum Gasteiger partial charge on any atom is -0.480 e. The van der Waals surface area contributed by atoms with E-state index in [9.17, 15) is 19.5 Å². The van der Waals surface area contributed by atoms with Gasteiger partial charge in [-0.1, -0.05) is 55.5 Å². The van der Waals surface area contributed by atoms with E-state index in [2.05, 4.69) is 34.9 Å². The number of ether oxygens (including phenoxy) is 1. The van der Waals surface area contributed by atoms with Gasteiger partial charge in [-0.25, -0.2) is 9.59 Å². The molecule has 1 aliphatic carbocycles. The van der Waals surface area contributed by atoms with Crippen LogP contribution < -0.4 is 10.6 Å². The lowest BCUT2D eigenvalue weighted by Gasteiger charge is -2.20. The quantitative estimate of drug-likeness (QED) is 0.458. The van der Waals surface area contributed by atoms with Crippen LogP contribution >= 0.6 is 11.8 Å². The van der Waals surface area contributed by atoms with E-state index in [-0.39, 0.29) is 18.9 Å². The molecule has 2 atom stereocenters. The third-order valence-corrected chi connectivity index (χ3v) is 6.48. The van der Waals surface area contributed by atoms with E-state index in [0.717, 1.165) is 22.3 Å². The third kappa shape index (κ3) is 6.28. The van der Waals surface area contributed by atoms with Crippen LogP contribution in [0.3, 0.4) is 0 Å². The van der Waals surface area contributed by atoms with E-state index in [0.29, 0.717) is 18.6 Å². The van der Waals surface area contributed by atoms with Gasteiger partial charge in [0.25, 0.3) is 0 Å². The largest absolute Gasteiger partial charge is 0.480 e. The van der Waals surface area contributed by atoms with Crippen LogP contribution in [0, 0.1) is 0 Å². The number of carbonyl (C=O) groups excluding carboxylic acids is 2. The summed E-state index contributed by atoms with van der Waals surface area (Å²) in [6, 6.07) is 14.8. The monoisotopic (exact) mass is 470 g/mol. The lowest BCUT2D eigenvalue weighted by molar-refractivity contribution is -0.141. The molecular weight excluding hydrogens is 440 g/mol. The Morgan fingerprint density at radius 2 is 1.64 bits per heavy atom. The fraction of sp³-hybridized carbons (Fsp3) is 0.400. The van der Waals surface area contributed by atoms with Crippen LogP contribution in [0.2, 0.25) is 0 Å². The second-order valence-corrected chi connectivity index (χ2v) is 9.00. The number of aliphatic carboxylic acids is 1. The van der Waals surface area contributed by atoms with Crippen LogP contribution in [0.15, 0.2) is 48.5 Å². The first-order chi connectivity index (χ1) is 15.9. The second kappa shape index (κ2) is 11.7. The van der Waals surface area contributed by atoms with Gasteiger partial charge in [-0.2, -0.15) is 11.8 Å². The number of amides is 2. The molecule has 0 aliphatic heterocycles. The summed E-state index contributed by atoms with van der Waals surface area (Å²) in [5.74, 6) is -0.879. The first kappa shape index (κ1) is 24.6. The summed E-state index contributed by atoms with van der Waals surface area (Å²) < 4.78 is 5.55. The van der Waals surface area contributed by atoms with E-state index < -0.39 is 30.1 Å². The number of hydrogen-bond donors (Lipinski definition) is 3. The molecule has 33 heavy (non-hydrogen) atoms. The van der Waals surface area contributed by atoms with Gasteiger partial charge in [0.2, 0.25) is 5.91 Å². The van der Waals surface area contributed by atoms with Crippen LogP contribution in [0.4, 0.5) is 4.79 Å². The Morgan fingerprint density at radius 1 is 1.03 bits per heavy atom. The first-order valence-electron chi connectivity index (χ1n) is 11.1. The van der Waals surface area contributed by atoms with Crippen molar-refractivity contribution in [3.8, 4) is 11.1 Å². The van der Waals surface area contributed by atoms with E-state index in [1.165, 1.54) is 11.8 Å². The molecule has 0 spiro atoms. The molecule has 0 bridgehead atoms. The summed E-state index contributed by atoms with van der Waals surface area (Å²) in [5.41, 5.74) is 4.56. The number of carboxylic acids is 1. The average Bonchev–Trinajstić information content (AvgIpc) is 3.13. The van der Waals surface area contributed by atoms with Gasteiger partial charge < -0.3 is 20.5 Å². The van der Waals surface area contributed by atoms with Crippen molar-refractivity contribution in [2.24, 2.45) is 0 Å². The highest BCUT2D eigenvalue weighted by molar-refractivity contribution is 7.98. The highest BCUT2D eigenvalue weighted by Gasteiger charge is 2.29. The van der Waals surface area contributed by atoms with E-state index in [1.54, 1.807) is 0 Å². The smallest absolute Gasteiger partial charge is 0.407 e. The van der Waals surface area contributed by atoms with E-state index in [1.807, 2.05) is 37.4 Å². The molecule has 0 fully saturated rings. The molecule has 0 saturated carbocycles. The molecule has 176 valence electrons. The van der Waals surface area contributed by atoms with Crippen molar-refractivity contribution in [1.82, 2.24) is 10.6 Å². The lowest BCUT2D eigenvalue weighted by atomic mass is 9.98. The van der Waals surface area contributed by atoms with Crippen molar-refractivity contribution >= 4 is 29.7 Å². The van der Waals surface area contributed by atoms with Gasteiger partial charge >= 0.3 is 12.1 Å². The molecule has 0 saturated heterocycles. The summed E-state index contributed by atoms with van der Waals surface area (Å²) in [6.07, 6.45) is 2.14. The molecular formula is C25H30N2O5S. The van der Waals surface area contributed by atoms with E-state index >= 15 is 0 Å². The molecule has 2 aromatic carbocycles. The lowest BCUT2D eigenvalue weighted by Crippen LogP contribution is -2.45. The maximum absolute atomic E-state index is 12.5. The van der Waals surface area contributed by atoms with Crippen molar-refractivity contribution in [3.05, 3.63) is 59.7 Å². The van der Waals surface area contributed by atoms with Gasteiger partial charge in [0.05, 0.1) is 0 Å². The Bertz CT molecular complexity index is 951. The van der Waals surface area contributed by atoms with Crippen molar-refractivity contribution < 1.29 is 24.2 Å². The molecule has 8 heteroatoms. The summed E-state index contributed by atoms with van der Waals surface area (Å²) in [6.45, 7) is 2.04. The summed E-state index contributed by atoms with van der Waals surface area (Å²) in [5, 5.41) is 14.6. The Balaban J connectivity index is 1.54. The summed E-state index contributed by atoms with van der Waals surface area (Å²) >= 11 is 1.52. The summed E-state index contributed by atoms with van der Waals surface area (Å²) in [7, 11) is 0. The minimum atomic E-state index is -1.06. The number of carboxylic acid groups (broad SMARTS) is 1. The van der Waals surface area contributed by atoms with Crippen molar-refractivity contribution in [2.75, 3.05) is 18.6 Å². The number of carbonyl (C=O) groups is 3. The van der Waals surface area contributed by atoms with Gasteiger partial charge in [-0.15, -0.1) is 0 Å². The highest BCUT2D eigenvalue weighted by Crippen LogP contribution is 2.44. The van der Waals surface area contributed by atoms with Gasteiger partial charge in [0, 0.05) is 18.4 Å². The van der Waals surface area contributed by atoms with E-state index in [4.69, 9.17) is 4.74 Å². The molecule has 0 unspecified atom stereocenters. The Kier molecular flexibility index (Phi) is 8.77. The van der Waals surface area contributed by atoms with Gasteiger partial charge in [-0.05, 0) is 47.1 Å². The first-order valence-corrected chi connectivity index (χ1v) is 12.5. The number of fused-ring (bicyclic) bond motifs is 3. The zero-order chi connectivity index (χ0) is 23.8. The Morgan fingerprint density at radius 3 is 2.18 bits per heavy atom. The molecule has 0 aromatic heterocycles. The summed E-state index contributed by atoms with van der Waals surface area (Å²) in [4.78, 5) is 36.2. The van der Waals surface area contributed by atoms with Gasteiger partial charge in [0.15, 0.2) is 0 Å².